The highest BCUT2D eigenvalue weighted by atomic mass is 16.5. The summed E-state index contributed by atoms with van der Waals surface area (Å²) in [5.74, 6) is 0.837. The quantitative estimate of drug-likeness (QED) is 0.800. The molecule has 122 valence electrons. The number of nitrogens with zero attached hydrogens (tertiary/aromatic N) is 1. The molecule has 0 saturated heterocycles. The third kappa shape index (κ3) is 3.77. The molecule has 1 fully saturated rings. The Morgan fingerprint density at radius 3 is 2.73 bits per heavy atom. The van der Waals surface area contributed by atoms with Crippen LogP contribution in [0.25, 0.3) is 0 Å². The van der Waals surface area contributed by atoms with Crippen LogP contribution in [-0.4, -0.2) is 29.7 Å². The van der Waals surface area contributed by atoms with Crippen LogP contribution in [0.4, 0.5) is 5.69 Å². The summed E-state index contributed by atoms with van der Waals surface area (Å²) in [5, 5.41) is 2.93. The molecule has 1 amide bonds. The Balaban J connectivity index is 2.06. The first-order valence-corrected chi connectivity index (χ1v) is 8.06. The predicted octanol–water partition coefficient (Wildman–Crippen LogP) is 3.32. The summed E-state index contributed by atoms with van der Waals surface area (Å²) < 4.78 is 11.3. The van der Waals surface area contributed by atoms with Crippen LogP contribution in [0.3, 0.4) is 0 Å². The summed E-state index contributed by atoms with van der Waals surface area (Å²) in [6, 6.07) is 1.88. The van der Waals surface area contributed by atoms with Crippen LogP contribution < -0.4 is 10.1 Å². The van der Waals surface area contributed by atoms with Crippen molar-refractivity contribution in [1.29, 1.82) is 0 Å². The highest BCUT2D eigenvalue weighted by molar-refractivity contribution is 5.97. The number of amides is 1. The summed E-state index contributed by atoms with van der Waals surface area (Å²) in [4.78, 5) is 16.9. The van der Waals surface area contributed by atoms with Crippen LogP contribution in [0.2, 0.25) is 0 Å². The molecule has 1 saturated carbocycles. The van der Waals surface area contributed by atoms with Gasteiger partial charge in [-0.15, -0.1) is 0 Å². The Labute approximate surface area is 132 Å². The molecule has 0 spiro atoms. The minimum atomic E-state index is -0.750. The second kappa shape index (κ2) is 7.09. The molecule has 0 aromatic carbocycles. The van der Waals surface area contributed by atoms with Crippen molar-refractivity contribution < 1.29 is 14.3 Å². The number of nitrogens with one attached hydrogen (secondary N) is 1. The van der Waals surface area contributed by atoms with Gasteiger partial charge in [-0.05, 0) is 52.0 Å². The van der Waals surface area contributed by atoms with E-state index in [-0.39, 0.29) is 5.91 Å². The average Bonchev–Trinajstić information content (AvgIpc) is 3.31. The lowest BCUT2D eigenvalue weighted by Crippen LogP contribution is -2.44. The molecule has 0 bridgehead atoms. The van der Waals surface area contributed by atoms with Crippen LogP contribution >= 0.6 is 0 Å². The topological polar surface area (TPSA) is 60.5 Å². The Kier molecular flexibility index (Phi) is 5.40. The number of carbonyl (C=O) groups excluding carboxylic acids is 1. The van der Waals surface area contributed by atoms with Gasteiger partial charge in [-0.2, -0.15) is 0 Å². The average molecular weight is 306 g/mol. The molecule has 5 heteroatoms. The number of aromatic nitrogens is 1. The summed E-state index contributed by atoms with van der Waals surface area (Å²) in [5.41, 5.74) is 0.841. The van der Waals surface area contributed by atoms with E-state index in [0.29, 0.717) is 30.7 Å². The van der Waals surface area contributed by atoms with Crippen LogP contribution in [0, 0.1) is 12.8 Å². The number of hydrogen-bond donors (Lipinski definition) is 1. The lowest BCUT2D eigenvalue weighted by atomic mass is 9.99. The molecule has 1 aromatic heterocycles. The smallest absolute Gasteiger partial charge is 0.256 e. The fourth-order valence-electron chi connectivity index (χ4n) is 2.54. The van der Waals surface area contributed by atoms with Crippen LogP contribution in [0.1, 0.15) is 45.6 Å². The minimum absolute atomic E-state index is 0.0970. The van der Waals surface area contributed by atoms with Crippen LogP contribution in [-0.2, 0) is 9.53 Å². The van der Waals surface area contributed by atoms with E-state index in [1.54, 1.807) is 6.20 Å². The van der Waals surface area contributed by atoms with Gasteiger partial charge in [0, 0.05) is 12.2 Å². The standard InChI is InChI=1S/C17H26N2O3/c1-5-9-21-15-12(3)10-14(11-18-15)19-16(20)17(4,22-6-2)13-7-8-13/h10-11,13H,5-9H2,1-4H3,(H,19,20)/t17-/m0/s1. The Hall–Kier alpha value is -1.62. The Bertz CT molecular complexity index is 529. The summed E-state index contributed by atoms with van der Waals surface area (Å²) in [6.45, 7) is 8.94. The maximum absolute atomic E-state index is 12.6. The van der Waals surface area contributed by atoms with Crippen LogP contribution in [0.5, 0.6) is 5.88 Å². The van der Waals surface area contributed by atoms with Crippen molar-refractivity contribution in [2.45, 2.75) is 52.6 Å². The van der Waals surface area contributed by atoms with E-state index in [2.05, 4.69) is 17.2 Å². The maximum atomic E-state index is 12.6. The summed E-state index contributed by atoms with van der Waals surface area (Å²) >= 11 is 0. The van der Waals surface area contributed by atoms with E-state index in [4.69, 9.17) is 9.47 Å². The molecule has 1 atom stereocenters. The van der Waals surface area contributed by atoms with E-state index in [0.717, 1.165) is 24.8 Å². The van der Waals surface area contributed by atoms with E-state index in [1.165, 1.54) is 0 Å². The molecule has 2 rings (SSSR count). The van der Waals surface area contributed by atoms with E-state index >= 15 is 0 Å². The van der Waals surface area contributed by atoms with Gasteiger partial charge in [-0.1, -0.05) is 6.92 Å². The van der Waals surface area contributed by atoms with E-state index in [1.807, 2.05) is 26.8 Å². The van der Waals surface area contributed by atoms with E-state index in [9.17, 15) is 4.79 Å². The highest BCUT2D eigenvalue weighted by Crippen LogP contribution is 2.42. The molecule has 1 aliphatic carbocycles. The first kappa shape index (κ1) is 16.7. The monoisotopic (exact) mass is 306 g/mol. The number of rotatable bonds is 8. The molecule has 1 N–H and O–H groups in total. The van der Waals surface area contributed by atoms with Gasteiger partial charge in [0.1, 0.15) is 5.60 Å². The number of pyridine rings is 1. The normalized spacial score (nSPS) is 16.9. The van der Waals surface area contributed by atoms with Gasteiger partial charge in [-0.25, -0.2) is 4.98 Å². The van der Waals surface area contributed by atoms with Crippen molar-refractivity contribution in [2.75, 3.05) is 18.5 Å². The fraction of sp³-hybridized carbons (Fsp3) is 0.647. The largest absolute Gasteiger partial charge is 0.477 e. The Morgan fingerprint density at radius 2 is 2.18 bits per heavy atom. The zero-order chi connectivity index (χ0) is 16.2. The number of hydrogen-bond acceptors (Lipinski definition) is 4. The third-order valence-electron chi connectivity index (χ3n) is 3.98. The van der Waals surface area contributed by atoms with Gasteiger partial charge < -0.3 is 14.8 Å². The zero-order valence-electron chi connectivity index (χ0n) is 13.9. The fourth-order valence-corrected chi connectivity index (χ4v) is 2.54. The van der Waals surface area contributed by atoms with E-state index < -0.39 is 5.60 Å². The van der Waals surface area contributed by atoms with Gasteiger partial charge in [0.15, 0.2) is 0 Å². The summed E-state index contributed by atoms with van der Waals surface area (Å²) in [7, 11) is 0. The number of anilines is 1. The summed E-state index contributed by atoms with van der Waals surface area (Å²) in [6.07, 6.45) is 4.67. The number of aryl methyl sites for hydroxylation is 1. The first-order chi connectivity index (χ1) is 10.5. The maximum Gasteiger partial charge on any atom is 0.256 e. The van der Waals surface area contributed by atoms with Gasteiger partial charge in [-0.3, -0.25) is 4.79 Å². The van der Waals surface area contributed by atoms with Gasteiger partial charge in [0.05, 0.1) is 18.5 Å². The minimum Gasteiger partial charge on any atom is -0.477 e. The molecular weight excluding hydrogens is 280 g/mol. The molecule has 1 heterocycles. The van der Waals surface area contributed by atoms with Crippen molar-refractivity contribution in [3.05, 3.63) is 17.8 Å². The van der Waals surface area contributed by atoms with Crippen molar-refractivity contribution in [3.8, 4) is 5.88 Å². The molecule has 1 aromatic rings. The Morgan fingerprint density at radius 1 is 1.45 bits per heavy atom. The number of ether oxygens (including phenoxy) is 2. The third-order valence-corrected chi connectivity index (χ3v) is 3.98. The van der Waals surface area contributed by atoms with Gasteiger partial charge in [0.25, 0.3) is 5.91 Å². The van der Waals surface area contributed by atoms with Crippen LogP contribution in [0.15, 0.2) is 12.3 Å². The molecule has 5 nitrogen and oxygen atoms in total. The lowest BCUT2D eigenvalue weighted by molar-refractivity contribution is -0.141. The van der Waals surface area contributed by atoms with Gasteiger partial charge in [0.2, 0.25) is 5.88 Å². The van der Waals surface area contributed by atoms with Gasteiger partial charge >= 0.3 is 0 Å². The zero-order valence-corrected chi connectivity index (χ0v) is 13.9. The molecule has 0 aliphatic heterocycles. The highest BCUT2D eigenvalue weighted by Gasteiger charge is 2.48. The molecule has 22 heavy (non-hydrogen) atoms. The molecule has 0 unspecified atom stereocenters. The number of carbonyl (C=O) groups is 1. The molecule has 0 radical (unpaired) electrons. The van der Waals surface area contributed by atoms with Crippen molar-refractivity contribution in [2.24, 2.45) is 5.92 Å². The lowest BCUT2D eigenvalue weighted by Gasteiger charge is -2.28. The molecule has 1 aliphatic rings. The first-order valence-electron chi connectivity index (χ1n) is 8.06. The van der Waals surface area contributed by atoms with Crippen molar-refractivity contribution in [3.63, 3.8) is 0 Å². The second-order valence-electron chi connectivity index (χ2n) is 5.96. The van der Waals surface area contributed by atoms with Crippen molar-refractivity contribution in [1.82, 2.24) is 4.98 Å². The molecular formula is C17H26N2O3. The van der Waals surface area contributed by atoms with Crippen molar-refractivity contribution >= 4 is 11.6 Å². The predicted molar refractivity (Wildman–Crippen MR) is 86.1 cm³/mol. The second-order valence-corrected chi connectivity index (χ2v) is 5.96. The SMILES string of the molecule is CCCOc1ncc(NC(=O)[C@@](C)(OCC)C2CC2)cc1C.